The Bertz CT molecular complexity index is 1090. The van der Waals surface area contributed by atoms with Gasteiger partial charge in [0.2, 0.25) is 0 Å². The second kappa shape index (κ2) is 9.42. The van der Waals surface area contributed by atoms with E-state index >= 15 is 0 Å². The molecule has 3 rings (SSSR count). The lowest BCUT2D eigenvalue weighted by Crippen LogP contribution is -2.43. The Balaban J connectivity index is 1.77. The van der Waals surface area contributed by atoms with E-state index in [1.54, 1.807) is 32.1 Å². The lowest BCUT2D eigenvalue weighted by molar-refractivity contribution is -0.109. The van der Waals surface area contributed by atoms with E-state index < -0.39 is 17.7 Å². The molecule has 3 aromatic rings. The van der Waals surface area contributed by atoms with Crippen molar-refractivity contribution in [3.8, 4) is 11.8 Å². The van der Waals surface area contributed by atoms with E-state index in [-0.39, 0.29) is 6.54 Å². The van der Waals surface area contributed by atoms with Crippen LogP contribution in [-0.2, 0) is 9.53 Å². The number of aldehydes is 1. The predicted molar refractivity (Wildman–Crippen MR) is 120 cm³/mol. The fourth-order valence-corrected chi connectivity index (χ4v) is 3.25. The summed E-state index contributed by atoms with van der Waals surface area (Å²) in [6.07, 6.45) is 0.0186. The van der Waals surface area contributed by atoms with Crippen molar-refractivity contribution in [1.82, 2.24) is 10.3 Å². The smallest absolute Gasteiger partial charge is 0.408 e. The molecular weight excluding hydrogens is 398 g/mol. The van der Waals surface area contributed by atoms with E-state index in [9.17, 15) is 9.59 Å². The highest BCUT2D eigenvalue weighted by atomic mass is 32.1. The Kier molecular flexibility index (Phi) is 6.70. The van der Waals surface area contributed by atoms with Gasteiger partial charge in [-0.25, -0.2) is 9.78 Å². The number of rotatable bonds is 5. The van der Waals surface area contributed by atoms with Crippen molar-refractivity contribution in [2.24, 2.45) is 0 Å². The summed E-state index contributed by atoms with van der Waals surface area (Å²) in [6.45, 7) is 5.46. The number of carbonyl (C=O) groups excluding carboxylic acids is 2. The molecule has 0 bridgehead atoms. The SMILES string of the molecule is CC(C)(C)OC(=O)NC(C=O)CNc1cc2ccccc2c(C#Cc2ccsc2)n1. The Labute approximate surface area is 179 Å². The summed E-state index contributed by atoms with van der Waals surface area (Å²) in [5.74, 6) is 6.83. The lowest BCUT2D eigenvalue weighted by Gasteiger charge is -2.21. The van der Waals surface area contributed by atoms with Gasteiger partial charge < -0.3 is 20.2 Å². The molecule has 7 heteroatoms. The number of nitrogens with zero attached hydrogens (tertiary/aromatic N) is 1. The van der Waals surface area contributed by atoms with Crippen LogP contribution in [0.25, 0.3) is 10.8 Å². The van der Waals surface area contributed by atoms with Crippen LogP contribution in [0.3, 0.4) is 0 Å². The minimum Gasteiger partial charge on any atom is -0.444 e. The van der Waals surface area contributed by atoms with Gasteiger partial charge in [-0.05, 0) is 49.6 Å². The second-order valence-electron chi connectivity index (χ2n) is 7.61. The van der Waals surface area contributed by atoms with E-state index in [0.717, 1.165) is 16.3 Å². The third-order valence-corrected chi connectivity index (χ3v) is 4.64. The average Bonchev–Trinajstić information content (AvgIpc) is 3.21. The summed E-state index contributed by atoms with van der Waals surface area (Å²) < 4.78 is 5.20. The maximum atomic E-state index is 11.9. The van der Waals surface area contributed by atoms with Crippen LogP contribution >= 0.6 is 11.3 Å². The minimum absolute atomic E-state index is 0.172. The summed E-state index contributed by atoms with van der Waals surface area (Å²) in [5.41, 5.74) is 0.942. The number of carbonyl (C=O) groups is 2. The standard InChI is InChI=1S/C23H23N3O3S/c1-23(2,3)29-22(28)25-18(14-27)13-24-21-12-17-6-4-5-7-19(17)20(26-21)9-8-16-10-11-30-15-16/h4-7,10-12,14-15,18H,13H2,1-3H3,(H,24,26)(H,25,28). The van der Waals surface area contributed by atoms with Gasteiger partial charge in [-0.15, -0.1) is 0 Å². The van der Waals surface area contributed by atoms with Gasteiger partial charge in [-0.1, -0.05) is 30.2 Å². The molecule has 0 spiro atoms. The number of hydrogen-bond donors (Lipinski definition) is 2. The molecule has 154 valence electrons. The molecular formula is C23H23N3O3S. The van der Waals surface area contributed by atoms with Crippen molar-refractivity contribution >= 4 is 40.3 Å². The lowest BCUT2D eigenvalue weighted by atomic mass is 10.1. The summed E-state index contributed by atoms with van der Waals surface area (Å²) in [4.78, 5) is 27.9. The van der Waals surface area contributed by atoms with E-state index in [0.29, 0.717) is 17.8 Å². The zero-order chi connectivity index (χ0) is 21.6. The number of alkyl carbamates (subject to hydrolysis) is 1. The van der Waals surface area contributed by atoms with Gasteiger partial charge in [-0.3, -0.25) is 0 Å². The van der Waals surface area contributed by atoms with Gasteiger partial charge in [0.25, 0.3) is 0 Å². The molecule has 1 atom stereocenters. The first-order valence-electron chi connectivity index (χ1n) is 9.47. The summed E-state index contributed by atoms with van der Waals surface area (Å²) in [6, 6.07) is 10.9. The van der Waals surface area contributed by atoms with Crippen molar-refractivity contribution in [3.63, 3.8) is 0 Å². The normalized spacial score (nSPS) is 11.8. The third-order valence-electron chi connectivity index (χ3n) is 3.96. The van der Waals surface area contributed by atoms with Crippen LogP contribution in [0.5, 0.6) is 0 Å². The molecule has 2 N–H and O–H groups in total. The van der Waals surface area contributed by atoms with Crippen LogP contribution in [0.2, 0.25) is 0 Å². The zero-order valence-corrected chi connectivity index (χ0v) is 17.9. The molecule has 6 nitrogen and oxygen atoms in total. The van der Waals surface area contributed by atoms with Gasteiger partial charge in [0.1, 0.15) is 29.4 Å². The molecule has 0 saturated carbocycles. The highest BCUT2D eigenvalue weighted by Gasteiger charge is 2.19. The molecule has 0 aliphatic carbocycles. The molecule has 2 aromatic heterocycles. The number of aromatic nitrogens is 1. The number of anilines is 1. The quantitative estimate of drug-likeness (QED) is 0.477. The van der Waals surface area contributed by atoms with Crippen molar-refractivity contribution in [1.29, 1.82) is 0 Å². The van der Waals surface area contributed by atoms with E-state index in [1.807, 2.05) is 47.2 Å². The highest BCUT2D eigenvalue weighted by Crippen LogP contribution is 2.20. The first-order valence-corrected chi connectivity index (χ1v) is 10.4. The maximum absolute atomic E-state index is 11.9. The molecule has 1 amide bonds. The number of nitrogens with one attached hydrogen (secondary N) is 2. The van der Waals surface area contributed by atoms with Gasteiger partial charge in [0.05, 0.1) is 0 Å². The van der Waals surface area contributed by atoms with Crippen molar-refractivity contribution in [2.45, 2.75) is 32.4 Å². The number of thiophene rings is 1. The first-order chi connectivity index (χ1) is 14.3. The van der Waals surface area contributed by atoms with Crippen molar-refractivity contribution in [2.75, 3.05) is 11.9 Å². The van der Waals surface area contributed by atoms with E-state index in [2.05, 4.69) is 27.5 Å². The van der Waals surface area contributed by atoms with Crippen LogP contribution < -0.4 is 10.6 Å². The van der Waals surface area contributed by atoms with Crippen molar-refractivity contribution < 1.29 is 14.3 Å². The molecule has 1 unspecified atom stereocenters. The van der Waals surface area contributed by atoms with Crippen LogP contribution in [0.1, 0.15) is 32.0 Å². The van der Waals surface area contributed by atoms with Crippen LogP contribution in [0.4, 0.5) is 10.6 Å². The molecule has 0 fully saturated rings. The zero-order valence-electron chi connectivity index (χ0n) is 17.1. The highest BCUT2D eigenvalue weighted by molar-refractivity contribution is 7.08. The third kappa shape index (κ3) is 6.06. The number of fused-ring (bicyclic) bond motifs is 1. The number of hydrogen-bond acceptors (Lipinski definition) is 6. The minimum atomic E-state index is -0.756. The van der Waals surface area contributed by atoms with E-state index in [4.69, 9.17) is 4.74 Å². The fraction of sp³-hybridized carbons (Fsp3) is 0.261. The monoisotopic (exact) mass is 421 g/mol. The van der Waals surface area contributed by atoms with Crippen LogP contribution in [0.15, 0.2) is 47.2 Å². The van der Waals surface area contributed by atoms with Gasteiger partial charge in [0.15, 0.2) is 0 Å². The Morgan fingerprint density at radius 1 is 1.27 bits per heavy atom. The number of ether oxygens (including phenoxy) is 1. The summed E-state index contributed by atoms with van der Waals surface area (Å²) in [7, 11) is 0. The largest absolute Gasteiger partial charge is 0.444 e. The molecule has 0 aliphatic rings. The van der Waals surface area contributed by atoms with Gasteiger partial charge in [-0.2, -0.15) is 11.3 Å². The molecule has 2 heterocycles. The topological polar surface area (TPSA) is 80.3 Å². The first kappa shape index (κ1) is 21.3. The maximum Gasteiger partial charge on any atom is 0.408 e. The second-order valence-corrected chi connectivity index (χ2v) is 8.39. The Morgan fingerprint density at radius 3 is 2.77 bits per heavy atom. The average molecular weight is 422 g/mol. The Hall–Kier alpha value is -3.37. The molecule has 0 radical (unpaired) electrons. The fourth-order valence-electron chi connectivity index (χ4n) is 2.66. The number of pyridine rings is 1. The number of benzene rings is 1. The van der Waals surface area contributed by atoms with Gasteiger partial charge in [0, 0.05) is 22.9 Å². The van der Waals surface area contributed by atoms with Crippen molar-refractivity contribution in [3.05, 3.63) is 58.4 Å². The van der Waals surface area contributed by atoms with Crippen LogP contribution in [0, 0.1) is 11.8 Å². The summed E-state index contributed by atoms with van der Waals surface area (Å²) >= 11 is 1.59. The number of amides is 1. The molecule has 0 aliphatic heterocycles. The predicted octanol–water partition coefficient (Wildman–Crippen LogP) is 4.20. The molecule has 1 aromatic carbocycles. The van der Waals surface area contributed by atoms with Gasteiger partial charge >= 0.3 is 6.09 Å². The Morgan fingerprint density at radius 2 is 2.07 bits per heavy atom. The van der Waals surface area contributed by atoms with E-state index in [1.165, 1.54) is 0 Å². The molecule has 0 saturated heterocycles. The summed E-state index contributed by atoms with van der Waals surface area (Å²) in [5, 5.41) is 11.5. The molecule has 30 heavy (non-hydrogen) atoms. The van der Waals surface area contributed by atoms with Crippen LogP contribution in [-0.4, -0.2) is 35.6 Å².